The van der Waals surface area contributed by atoms with E-state index in [0.29, 0.717) is 17.9 Å². The second-order valence-corrected chi connectivity index (χ2v) is 6.93. The normalized spacial score (nSPS) is 28.5. The van der Waals surface area contributed by atoms with E-state index in [1.807, 2.05) is 0 Å². The molecule has 0 bridgehead atoms. The zero-order valence-corrected chi connectivity index (χ0v) is 14.5. The molecule has 3 atom stereocenters. The summed E-state index contributed by atoms with van der Waals surface area (Å²) in [7, 11) is 0. The van der Waals surface area contributed by atoms with Gasteiger partial charge in [0.1, 0.15) is 0 Å². The van der Waals surface area contributed by atoms with Crippen molar-refractivity contribution < 1.29 is 4.79 Å². The minimum Gasteiger partial charge on any atom is -0.353 e. The summed E-state index contributed by atoms with van der Waals surface area (Å²) < 4.78 is 0. The van der Waals surface area contributed by atoms with Crippen molar-refractivity contribution in [2.45, 2.75) is 71.3 Å². The molecule has 0 aromatic heterocycles. The molecule has 0 aromatic carbocycles. The van der Waals surface area contributed by atoms with Crippen LogP contribution < -0.4 is 10.6 Å². The molecule has 124 valence electrons. The summed E-state index contributed by atoms with van der Waals surface area (Å²) in [5.41, 5.74) is 0. The fraction of sp³-hybridized carbons (Fsp3) is 0.941. The number of rotatable bonds is 5. The summed E-state index contributed by atoms with van der Waals surface area (Å²) in [6.45, 7) is 6.47. The lowest BCUT2D eigenvalue weighted by Crippen LogP contribution is -2.50. The van der Waals surface area contributed by atoms with Gasteiger partial charge >= 0.3 is 0 Å². The first-order valence-corrected chi connectivity index (χ1v) is 8.71. The molecule has 3 unspecified atom stereocenters. The summed E-state index contributed by atoms with van der Waals surface area (Å²) >= 11 is 0. The summed E-state index contributed by atoms with van der Waals surface area (Å²) in [4.78, 5) is 12.5. The molecule has 1 saturated carbocycles. The summed E-state index contributed by atoms with van der Waals surface area (Å²) in [6, 6.07) is 0.379. The Balaban J connectivity index is 0.00000220. The Hall–Kier alpha value is -0.280. The minimum absolute atomic E-state index is 0. The highest BCUT2D eigenvalue weighted by Gasteiger charge is 2.27. The van der Waals surface area contributed by atoms with E-state index in [9.17, 15) is 4.79 Å². The predicted octanol–water partition coefficient (Wildman–Crippen LogP) is 3.52. The Morgan fingerprint density at radius 2 is 1.95 bits per heavy atom. The molecular weight excluding hydrogens is 284 g/mol. The van der Waals surface area contributed by atoms with Gasteiger partial charge in [0.05, 0.1) is 0 Å². The van der Waals surface area contributed by atoms with Gasteiger partial charge in [0.2, 0.25) is 5.91 Å². The summed E-state index contributed by atoms with van der Waals surface area (Å²) in [6.07, 6.45) is 9.99. The lowest BCUT2D eigenvalue weighted by Gasteiger charge is -2.32. The van der Waals surface area contributed by atoms with Crippen molar-refractivity contribution in [3.05, 3.63) is 0 Å². The SMILES string of the molecule is CCC(CC1CCCCC1)C(=O)NC1CCNCC1C.Cl. The Morgan fingerprint density at radius 1 is 1.24 bits per heavy atom. The highest BCUT2D eigenvalue weighted by molar-refractivity contribution is 5.85. The maximum atomic E-state index is 12.5. The van der Waals surface area contributed by atoms with E-state index in [2.05, 4.69) is 24.5 Å². The van der Waals surface area contributed by atoms with Crippen LogP contribution >= 0.6 is 12.4 Å². The van der Waals surface area contributed by atoms with E-state index in [1.165, 1.54) is 32.1 Å². The van der Waals surface area contributed by atoms with Gasteiger partial charge in [-0.15, -0.1) is 12.4 Å². The van der Waals surface area contributed by atoms with Crippen molar-refractivity contribution in [1.29, 1.82) is 0 Å². The highest BCUT2D eigenvalue weighted by atomic mass is 35.5. The second kappa shape index (κ2) is 9.68. The quantitative estimate of drug-likeness (QED) is 0.815. The molecule has 2 fully saturated rings. The topological polar surface area (TPSA) is 41.1 Å². The number of carbonyl (C=O) groups excluding carboxylic acids is 1. The van der Waals surface area contributed by atoms with Crippen LogP contribution in [0.3, 0.4) is 0 Å². The van der Waals surface area contributed by atoms with Crippen molar-refractivity contribution in [2.24, 2.45) is 17.8 Å². The number of amides is 1. The Bertz CT molecular complexity index is 305. The van der Waals surface area contributed by atoms with Gasteiger partial charge < -0.3 is 10.6 Å². The molecule has 2 aliphatic rings. The van der Waals surface area contributed by atoms with Crippen molar-refractivity contribution >= 4 is 18.3 Å². The number of carbonyl (C=O) groups is 1. The average molecular weight is 317 g/mol. The number of hydrogen-bond donors (Lipinski definition) is 2. The molecule has 21 heavy (non-hydrogen) atoms. The lowest BCUT2D eigenvalue weighted by atomic mass is 9.81. The zero-order valence-electron chi connectivity index (χ0n) is 13.7. The van der Waals surface area contributed by atoms with E-state index < -0.39 is 0 Å². The molecule has 0 aromatic rings. The Kier molecular flexibility index (Phi) is 8.65. The minimum atomic E-state index is 0. The van der Waals surface area contributed by atoms with E-state index >= 15 is 0 Å². The number of hydrogen-bond acceptors (Lipinski definition) is 2. The standard InChI is InChI=1S/C17H32N2O.ClH/c1-3-15(11-14-7-5-4-6-8-14)17(20)19-16-9-10-18-12-13(16)2;/h13-16,18H,3-12H2,1-2H3,(H,19,20);1H. The van der Waals surface area contributed by atoms with Gasteiger partial charge in [-0.2, -0.15) is 0 Å². The number of halogens is 1. The molecule has 1 heterocycles. The lowest BCUT2D eigenvalue weighted by molar-refractivity contribution is -0.127. The van der Waals surface area contributed by atoms with Gasteiger partial charge in [-0.3, -0.25) is 4.79 Å². The third-order valence-corrected chi connectivity index (χ3v) is 5.32. The maximum Gasteiger partial charge on any atom is 0.223 e. The van der Waals surface area contributed by atoms with Crippen molar-refractivity contribution in [1.82, 2.24) is 10.6 Å². The van der Waals surface area contributed by atoms with Crippen LogP contribution in [0.15, 0.2) is 0 Å². The second-order valence-electron chi connectivity index (χ2n) is 6.93. The number of nitrogens with one attached hydrogen (secondary N) is 2. The van der Waals surface area contributed by atoms with E-state index in [4.69, 9.17) is 0 Å². The molecule has 1 amide bonds. The first kappa shape index (κ1) is 18.8. The van der Waals surface area contributed by atoms with Crippen LogP contribution in [0.2, 0.25) is 0 Å². The van der Waals surface area contributed by atoms with E-state index in [-0.39, 0.29) is 18.3 Å². The van der Waals surface area contributed by atoms with Crippen LogP contribution in [-0.2, 0) is 4.79 Å². The maximum absolute atomic E-state index is 12.5. The highest BCUT2D eigenvalue weighted by Crippen LogP contribution is 2.30. The molecule has 0 spiro atoms. The van der Waals surface area contributed by atoms with Crippen LogP contribution in [-0.4, -0.2) is 25.0 Å². The largest absolute Gasteiger partial charge is 0.353 e. The van der Waals surface area contributed by atoms with Gasteiger partial charge in [0.15, 0.2) is 0 Å². The molecule has 4 heteroatoms. The third kappa shape index (κ3) is 5.78. The number of piperidine rings is 1. The van der Waals surface area contributed by atoms with Crippen LogP contribution in [0.4, 0.5) is 0 Å². The van der Waals surface area contributed by atoms with Crippen LogP contribution in [0.25, 0.3) is 0 Å². The van der Waals surface area contributed by atoms with E-state index in [0.717, 1.165) is 38.3 Å². The first-order valence-electron chi connectivity index (χ1n) is 8.71. The Labute approximate surface area is 136 Å². The van der Waals surface area contributed by atoms with Crippen LogP contribution in [0, 0.1) is 17.8 Å². The smallest absolute Gasteiger partial charge is 0.223 e. The molecule has 1 aliphatic heterocycles. The molecule has 2 N–H and O–H groups in total. The van der Waals surface area contributed by atoms with Crippen molar-refractivity contribution in [2.75, 3.05) is 13.1 Å². The summed E-state index contributed by atoms with van der Waals surface area (Å²) in [5, 5.41) is 6.73. The first-order chi connectivity index (χ1) is 9.70. The molecule has 3 nitrogen and oxygen atoms in total. The van der Waals surface area contributed by atoms with Crippen LogP contribution in [0.1, 0.15) is 65.2 Å². The molecule has 0 radical (unpaired) electrons. The molecule has 2 rings (SSSR count). The molecular formula is C17H33ClN2O. The van der Waals surface area contributed by atoms with Gasteiger partial charge in [-0.05, 0) is 44.2 Å². The fourth-order valence-electron chi connectivity index (χ4n) is 3.81. The monoisotopic (exact) mass is 316 g/mol. The van der Waals surface area contributed by atoms with Crippen LogP contribution in [0.5, 0.6) is 0 Å². The molecule has 1 aliphatic carbocycles. The van der Waals surface area contributed by atoms with Gasteiger partial charge in [-0.1, -0.05) is 46.0 Å². The van der Waals surface area contributed by atoms with E-state index in [1.54, 1.807) is 0 Å². The van der Waals surface area contributed by atoms with Gasteiger partial charge in [0.25, 0.3) is 0 Å². The zero-order chi connectivity index (χ0) is 14.4. The summed E-state index contributed by atoms with van der Waals surface area (Å²) in [5.74, 6) is 1.90. The predicted molar refractivity (Wildman–Crippen MR) is 90.8 cm³/mol. The van der Waals surface area contributed by atoms with Gasteiger partial charge in [-0.25, -0.2) is 0 Å². The third-order valence-electron chi connectivity index (χ3n) is 5.32. The fourth-order valence-corrected chi connectivity index (χ4v) is 3.81. The Morgan fingerprint density at radius 3 is 2.57 bits per heavy atom. The van der Waals surface area contributed by atoms with Crippen molar-refractivity contribution in [3.63, 3.8) is 0 Å². The van der Waals surface area contributed by atoms with Gasteiger partial charge in [0, 0.05) is 12.0 Å². The molecule has 1 saturated heterocycles. The average Bonchev–Trinajstić information content (AvgIpc) is 2.48. The van der Waals surface area contributed by atoms with Crippen molar-refractivity contribution in [3.8, 4) is 0 Å².